The van der Waals surface area contributed by atoms with E-state index in [9.17, 15) is 5.26 Å². The number of fused-ring (bicyclic) bond motifs is 4. The van der Waals surface area contributed by atoms with Crippen LogP contribution < -0.4 is 0 Å². The van der Waals surface area contributed by atoms with Gasteiger partial charge in [0.25, 0.3) is 0 Å². The Morgan fingerprint density at radius 1 is 1.16 bits per heavy atom. The molecule has 0 spiro atoms. The number of thiophene rings is 1. The van der Waals surface area contributed by atoms with Gasteiger partial charge in [0.1, 0.15) is 11.1 Å². The summed E-state index contributed by atoms with van der Waals surface area (Å²) in [6.45, 7) is 10.1. The fourth-order valence-corrected chi connectivity index (χ4v) is 6.36. The molecule has 32 heavy (non-hydrogen) atoms. The summed E-state index contributed by atoms with van der Waals surface area (Å²) in [5, 5.41) is 13.3. The maximum Gasteiger partial charge on any atom is 0.134 e. The number of hydrogen-bond acceptors (Lipinski definition) is 3. The van der Waals surface area contributed by atoms with Crippen LogP contribution in [-0.4, -0.2) is 10.8 Å². The van der Waals surface area contributed by atoms with Gasteiger partial charge in [0.15, 0.2) is 0 Å². The van der Waals surface area contributed by atoms with E-state index in [0.717, 1.165) is 41.9 Å². The van der Waals surface area contributed by atoms with Crippen molar-refractivity contribution in [3.8, 4) is 6.07 Å². The van der Waals surface area contributed by atoms with Crippen molar-refractivity contribution in [1.29, 1.82) is 5.26 Å². The molecule has 0 bridgehead atoms. The minimum Gasteiger partial charge on any atom is -0.341 e. The number of para-hydroxylation sites is 1. The number of benzene rings is 2. The van der Waals surface area contributed by atoms with Crippen molar-refractivity contribution in [2.24, 2.45) is 16.3 Å². The summed E-state index contributed by atoms with van der Waals surface area (Å²) in [6, 6.07) is 17.6. The lowest BCUT2D eigenvalue weighted by Crippen LogP contribution is -2.26. The van der Waals surface area contributed by atoms with Crippen LogP contribution in [0.1, 0.15) is 55.7 Å². The van der Waals surface area contributed by atoms with Crippen LogP contribution in [0.3, 0.4) is 0 Å². The summed E-state index contributed by atoms with van der Waals surface area (Å²) >= 11 is 1.72. The van der Waals surface area contributed by atoms with Crippen molar-refractivity contribution in [1.82, 2.24) is 4.57 Å². The van der Waals surface area contributed by atoms with E-state index >= 15 is 0 Å². The summed E-state index contributed by atoms with van der Waals surface area (Å²) < 4.78 is 2.36. The average Bonchev–Trinajstić information content (AvgIpc) is 3.30. The maximum absolute atomic E-state index is 9.86. The number of aliphatic imine (C=N–C) groups is 1. The normalized spacial score (nSPS) is 16.7. The Morgan fingerprint density at radius 2 is 1.94 bits per heavy atom. The Hall–Kier alpha value is -2.90. The summed E-state index contributed by atoms with van der Waals surface area (Å²) in [5.41, 5.74) is 5.92. The average molecular weight is 440 g/mol. The van der Waals surface area contributed by atoms with E-state index < -0.39 is 0 Å². The first kappa shape index (κ1) is 21.0. The SMILES string of the molecule is CCn1c2ccccc2c2cc(C=Nc3sc4c(c3C#N)CC[C@@H](C(C)(C)C)C4)ccc21. The molecule has 1 aliphatic carbocycles. The highest BCUT2D eigenvalue weighted by Crippen LogP contribution is 2.45. The maximum atomic E-state index is 9.86. The monoisotopic (exact) mass is 439 g/mol. The van der Waals surface area contributed by atoms with Gasteiger partial charge in [-0.05, 0) is 66.8 Å². The number of hydrogen-bond donors (Lipinski definition) is 0. The van der Waals surface area contributed by atoms with Crippen molar-refractivity contribution < 1.29 is 0 Å². The summed E-state index contributed by atoms with van der Waals surface area (Å²) in [4.78, 5) is 6.18. The Morgan fingerprint density at radius 3 is 2.69 bits per heavy atom. The third kappa shape index (κ3) is 3.45. The van der Waals surface area contributed by atoms with Gasteiger partial charge >= 0.3 is 0 Å². The van der Waals surface area contributed by atoms with Gasteiger partial charge in [0.2, 0.25) is 0 Å². The van der Waals surface area contributed by atoms with Gasteiger partial charge in [0.05, 0.1) is 5.56 Å². The fraction of sp³-hybridized carbons (Fsp3) is 0.357. The van der Waals surface area contributed by atoms with E-state index in [-0.39, 0.29) is 0 Å². The third-order valence-corrected chi connectivity index (χ3v) is 8.19. The first-order chi connectivity index (χ1) is 15.4. The summed E-state index contributed by atoms with van der Waals surface area (Å²) in [7, 11) is 0. The largest absolute Gasteiger partial charge is 0.341 e. The Kier molecular flexibility index (Phi) is 5.18. The van der Waals surface area contributed by atoms with Gasteiger partial charge in [-0.3, -0.25) is 0 Å². The number of nitrogens with zero attached hydrogens (tertiary/aromatic N) is 3. The van der Waals surface area contributed by atoms with E-state index in [1.807, 2.05) is 6.21 Å². The molecule has 0 N–H and O–H groups in total. The molecule has 0 unspecified atom stereocenters. The van der Waals surface area contributed by atoms with Crippen LogP contribution >= 0.6 is 11.3 Å². The van der Waals surface area contributed by atoms with Gasteiger partial charge in [-0.15, -0.1) is 11.3 Å². The number of nitriles is 1. The fourth-order valence-electron chi connectivity index (χ4n) is 5.14. The topological polar surface area (TPSA) is 41.1 Å². The zero-order valence-electron chi connectivity index (χ0n) is 19.3. The second-order valence-corrected chi connectivity index (χ2v) is 11.0. The highest BCUT2D eigenvalue weighted by Gasteiger charge is 2.32. The molecule has 4 aromatic rings. The molecule has 2 aromatic carbocycles. The number of rotatable bonds is 3. The molecule has 0 radical (unpaired) electrons. The van der Waals surface area contributed by atoms with Crippen molar-refractivity contribution in [2.75, 3.05) is 0 Å². The van der Waals surface area contributed by atoms with Crippen molar-refractivity contribution in [3.63, 3.8) is 0 Å². The molecule has 0 aliphatic heterocycles. The molecule has 5 rings (SSSR count). The molecule has 0 saturated heterocycles. The first-order valence-electron chi connectivity index (χ1n) is 11.5. The van der Waals surface area contributed by atoms with E-state index in [1.165, 1.54) is 32.2 Å². The van der Waals surface area contributed by atoms with Gasteiger partial charge in [-0.1, -0.05) is 45.0 Å². The molecule has 162 valence electrons. The van der Waals surface area contributed by atoms with Crippen molar-refractivity contribution in [3.05, 3.63) is 64.0 Å². The Bertz CT molecular complexity index is 1390. The standard InChI is InChI=1S/C28H29N3S/c1-5-31-24-9-7-6-8-20(24)22-14-18(10-13-25(22)31)17-30-27-23(16-29)21-12-11-19(28(2,3)4)15-26(21)32-27/h6-10,13-14,17,19H,5,11-12,15H2,1-4H3/t19-/m1/s1. The Balaban J connectivity index is 1.52. The molecule has 4 heteroatoms. The number of aromatic nitrogens is 1. The minimum atomic E-state index is 0.297. The highest BCUT2D eigenvalue weighted by atomic mass is 32.1. The molecule has 2 heterocycles. The first-order valence-corrected chi connectivity index (χ1v) is 12.3. The molecular weight excluding hydrogens is 410 g/mol. The van der Waals surface area contributed by atoms with Gasteiger partial charge in [0, 0.05) is 39.4 Å². The summed E-state index contributed by atoms with van der Waals surface area (Å²) in [6.07, 6.45) is 5.14. The van der Waals surface area contributed by atoms with Crippen LogP contribution in [0.4, 0.5) is 5.00 Å². The lowest BCUT2D eigenvalue weighted by Gasteiger charge is -2.33. The van der Waals surface area contributed by atoms with E-state index in [1.54, 1.807) is 11.3 Å². The zero-order valence-corrected chi connectivity index (χ0v) is 20.1. The molecule has 1 aliphatic rings. The van der Waals surface area contributed by atoms with Crippen LogP contribution in [0.5, 0.6) is 0 Å². The van der Waals surface area contributed by atoms with Crippen LogP contribution in [0, 0.1) is 22.7 Å². The molecule has 3 nitrogen and oxygen atoms in total. The molecule has 0 amide bonds. The van der Waals surface area contributed by atoms with E-state index in [4.69, 9.17) is 4.99 Å². The second-order valence-electron chi connectivity index (χ2n) is 9.90. The second kappa shape index (κ2) is 7.90. The predicted octanol–water partition coefficient (Wildman–Crippen LogP) is 7.65. The van der Waals surface area contributed by atoms with Gasteiger partial charge < -0.3 is 4.57 Å². The molecular formula is C28H29N3S. The van der Waals surface area contributed by atoms with Crippen molar-refractivity contribution >= 4 is 44.4 Å². The molecule has 2 aromatic heterocycles. The minimum absolute atomic E-state index is 0.297. The van der Waals surface area contributed by atoms with E-state index in [0.29, 0.717) is 11.3 Å². The third-order valence-electron chi connectivity index (χ3n) is 7.03. The van der Waals surface area contributed by atoms with Gasteiger partial charge in [-0.2, -0.15) is 5.26 Å². The van der Waals surface area contributed by atoms with Crippen LogP contribution in [0.15, 0.2) is 47.5 Å². The van der Waals surface area contributed by atoms with E-state index in [2.05, 4.69) is 80.8 Å². The highest BCUT2D eigenvalue weighted by molar-refractivity contribution is 7.16. The number of aryl methyl sites for hydroxylation is 1. The molecule has 1 atom stereocenters. The zero-order chi connectivity index (χ0) is 22.5. The molecule has 0 saturated carbocycles. The summed E-state index contributed by atoms with van der Waals surface area (Å²) in [5.74, 6) is 0.662. The van der Waals surface area contributed by atoms with Crippen molar-refractivity contribution in [2.45, 2.75) is 53.5 Å². The smallest absolute Gasteiger partial charge is 0.134 e. The Labute approximate surface area is 194 Å². The lowest BCUT2D eigenvalue weighted by atomic mass is 9.72. The molecule has 0 fully saturated rings. The van der Waals surface area contributed by atoms with Crippen LogP contribution in [-0.2, 0) is 19.4 Å². The van der Waals surface area contributed by atoms with Gasteiger partial charge in [-0.25, -0.2) is 4.99 Å². The lowest BCUT2D eigenvalue weighted by molar-refractivity contribution is 0.218. The predicted molar refractivity (Wildman–Crippen MR) is 136 cm³/mol. The quantitative estimate of drug-likeness (QED) is 0.302. The van der Waals surface area contributed by atoms with Crippen LogP contribution in [0.2, 0.25) is 0 Å². The van der Waals surface area contributed by atoms with Crippen LogP contribution in [0.25, 0.3) is 21.8 Å².